The minimum Gasteiger partial charge on any atom is -0.494 e. The second-order valence-corrected chi connectivity index (χ2v) is 10.1. The number of nitro benzene ring substituents is 1. The number of ether oxygens (including phenoxy) is 1. The van der Waals surface area contributed by atoms with Crippen LogP contribution in [-0.2, 0) is 6.54 Å². The van der Waals surface area contributed by atoms with Crippen molar-refractivity contribution in [2.24, 2.45) is 5.92 Å². The van der Waals surface area contributed by atoms with E-state index in [0.29, 0.717) is 35.9 Å². The Morgan fingerprint density at radius 1 is 1.18 bits per heavy atom. The molecule has 5 rings (SSSR count). The lowest BCUT2D eigenvalue weighted by Crippen LogP contribution is -2.29. The number of methoxy groups -OCH3 is 1. The zero-order valence-corrected chi connectivity index (χ0v) is 22.2. The van der Waals surface area contributed by atoms with Crippen LogP contribution < -0.4 is 15.4 Å². The van der Waals surface area contributed by atoms with Crippen LogP contribution in [0, 0.1) is 16.0 Å². The highest BCUT2D eigenvalue weighted by atomic mass is 16.6. The summed E-state index contributed by atoms with van der Waals surface area (Å²) >= 11 is 0. The number of hydrogen-bond acceptors (Lipinski definition) is 8. The molecule has 1 aliphatic rings. The molecule has 1 saturated carbocycles. The first kappa shape index (κ1) is 25.5. The molecular formula is C28H33N7O3. The smallest absolute Gasteiger partial charge is 0.295 e. The van der Waals surface area contributed by atoms with Gasteiger partial charge in [-0.15, -0.1) is 0 Å². The monoisotopic (exact) mass is 515 g/mol. The van der Waals surface area contributed by atoms with Crippen LogP contribution in [-0.4, -0.2) is 65.7 Å². The van der Waals surface area contributed by atoms with E-state index in [4.69, 9.17) is 15.5 Å². The molecule has 0 aliphatic heterocycles. The average molecular weight is 516 g/mol. The van der Waals surface area contributed by atoms with E-state index in [2.05, 4.69) is 27.9 Å². The molecule has 0 unspecified atom stereocenters. The summed E-state index contributed by atoms with van der Waals surface area (Å²) in [6.07, 6.45) is 6.36. The summed E-state index contributed by atoms with van der Waals surface area (Å²) < 4.78 is 7.99. The molecule has 0 spiro atoms. The van der Waals surface area contributed by atoms with E-state index in [1.165, 1.54) is 26.0 Å². The molecule has 0 atom stereocenters. The number of para-hydroxylation sites is 1. The van der Waals surface area contributed by atoms with Gasteiger partial charge >= 0.3 is 0 Å². The van der Waals surface area contributed by atoms with Gasteiger partial charge in [0, 0.05) is 61.6 Å². The molecular weight excluding hydrogens is 482 g/mol. The van der Waals surface area contributed by atoms with Crippen molar-refractivity contribution in [1.29, 1.82) is 0 Å². The largest absolute Gasteiger partial charge is 0.494 e. The minimum absolute atomic E-state index is 0.116. The molecule has 38 heavy (non-hydrogen) atoms. The summed E-state index contributed by atoms with van der Waals surface area (Å²) in [4.78, 5) is 25.1. The van der Waals surface area contributed by atoms with Gasteiger partial charge in [0.05, 0.1) is 29.0 Å². The zero-order chi connectivity index (χ0) is 27.0. The van der Waals surface area contributed by atoms with Crippen molar-refractivity contribution in [2.75, 3.05) is 52.0 Å². The number of rotatable bonds is 10. The fraction of sp³-hybridized carbons (Fsp3) is 0.357. The number of nitro groups is 1. The molecule has 1 fully saturated rings. The maximum Gasteiger partial charge on any atom is 0.295 e. The van der Waals surface area contributed by atoms with Gasteiger partial charge in [-0.05, 0) is 45.0 Å². The van der Waals surface area contributed by atoms with Crippen molar-refractivity contribution in [3.05, 3.63) is 58.9 Å². The van der Waals surface area contributed by atoms with Crippen molar-refractivity contribution in [3.8, 4) is 28.4 Å². The Kier molecular flexibility index (Phi) is 6.90. The van der Waals surface area contributed by atoms with E-state index in [1.807, 2.05) is 49.1 Å². The lowest BCUT2D eigenvalue weighted by molar-refractivity contribution is -0.384. The quantitative estimate of drug-likeness (QED) is 0.184. The summed E-state index contributed by atoms with van der Waals surface area (Å²) in [6, 6.07) is 11.5. The molecule has 0 radical (unpaired) electrons. The van der Waals surface area contributed by atoms with E-state index in [9.17, 15) is 10.1 Å². The normalized spacial score (nSPS) is 13.3. The van der Waals surface area contributed by atoms with Crippen LogP contribution in [0.1, 0.15) is 12.8 Å². The summed E-state index contributed by atoms with van der Waals surface area (Å²) in [5.41, 5.74) is 9.97. The first-order chi connectivity index (χ1) is 18.3. The maximum absolute atomic E-state index is 12.2. The number of nitrogens with zero attached hydrogens (tertiary/aromatic N) is 6. The first-order valence-corrected chi connectivity index (χ1v) is 12.7. The summed E-state index contributed by atoms with van der Waals surface area (Å²) in [5, 5.41) is 13.3. The fourth-order valence-corrected chi connectivity index (χ4v) is 4.89. The maximum atomic E-state index is 12.2. The van der Waals surface area contributed by atoms with Crippen LogP contribution in [0.25, 0.3) is 33.5 Å². The highest BCUT2D eigenvalue weighted by molar-refractivity contribution is 5.96. The van der Waals surface area contributed by atoms with Gasteiger partial charge in [0.25, 0.3) is 5.69 Å². The Balaban J connectivity index is 1.69. The molecule has 10 heteroatoms. The van der Waals surface area contributed by atoms with Crippen molar-refractivity contribution < 1.29 is 9.66 Å². The molecule has 2 aromatic carbocycles. The Morgan fingerprint density at radius 3 is 2.63 bits per heavy atom. The second-order valence-electron chi connectivity index (χ2n) is 10.1. The van der Waals surface area contributed by atoms with E-state index in [1.54, 1.807) is 6.20 Å². The third-order valence-electron chi connectivity index (χ3n) is 7.02. The fourth-order valence-electron chi connectivity index (χ4n) is 4.89. The molecule has 2 N–H and O–H groups in total. The summed E-state index contributed by atoms with van der Waals surface area (Å²) in [7, 11) is 7.23. The predicted molar refractivity (Wildman–Crippen MR) is 151 cm³/mol. The Hall–Kier alpha value is -4.18. The first-order valence-electron chi connectivity index (χ1n) is 12.7. The summed E-state index contributed by atoms with van der Waals surface area (Å²) in [6.45, 7) is 2.22. The number of likely N-dealkylation sites (N-methyl/N-ethyl adjacent to an activating group) is 2. The number of fused-ring (bicyclic) bond motifs is 1. The van der Waals surface area contributed by atoms with Crippen molar-refractivity contribution >= 4 is 28.0 Å². The highest BCUT2D eigenvalue weighted by Gasteiger charge is 2.30. The molecule has 198 valence electrons. The average Bonchev–Trinajstić information content (AvgIpc) is 3.65. The number of hydrogen-bond donors (Lipinski definition) is 1. The molecule has 10 nitrogen and oxygen atoms in total. The van der Waals surface area contributed by atoms with Crippen LogP contribution in [0.4, 0.5) is 17.1 Å². The SMILES string of the molecule is COc1c(N)cc([N+](=O)[O-])c(N(C)CCN(C)C)c1-c1nccc(-c2cn(CC3CC3)c3ccccc23)n1. The van der Waals surface area contributed by atoms with Crippen molar-refractivity contribution in [3.63, 3.8) is 0 Å². The number of nitrogens with two attached hydrogens (primary N) is 1. The second kappa shape index (κ2) is 10.3. The van der Waals surface area contributed by atoms with Gasteiger partial charge in [-0.1, -0.05) is 18.2 Å². The molecule has 2 aromatic heterocycles. The Labute approximate surface area is 221 Å². The molecule has 1 aliphatic carbocycles. The van der Waals surface area contributed by atoms with Crippen LogP contribution in [0.3, 0.4) is 0 Å². The molecule has 0 bridgehead atoms. The van der Waals surface area contributed by atoms with Crippen molar-refractivity contribution in [1.82, 2.24) is 19.4 Å². The third-order valence-corrected chi connectivity index (χ3v) is 7.02. The van der Waals surface area contributed by atoms with Gasteiger partial charge in [0.1, 0.15) is 5.69 Å². The lowest BCUT2D eigenvalue weighted by Gasteiger charge is -2.25. The molecule has 4 aromatic rings. The number of aromatic nitrogens is 3. The number of nitrogen functional groups attached to an aromatic ring is 1. The van der Waals surface area contributed by atoms with Gasteiger partial charge < -0.3 is 24.8 Å². The number of benzene rings is 2. The topological polar surface area (TPSA) is 116 Å². The van der Waals surface area contributed by atoms with Crippen LogP contribution in [0.2, 0.25) is 0 Å². The van der Waals surface area contributed by atoms with Gasteiger partial charge in [-0.25, -0.2) is 9.97 Å². The Morgan fingerprint density at radius 2 is 1.95 bits per heavy atom. The Bertz CT molecular complexity index is 1490. The van der Waals surface area contributed by atoms with Gasteiger partial charge in [-0.3, -0.25) is 10.1 Å². The third kappa shape index (κ3) is 4.87. The lowest BCUT2D eigenvalue weighted by atomic mass is 10.0. The molecule has 2 heterocycles. The number of anilines is 2. The van der Waals surface area contributed by atoms with Gasteiger partial charge in [0.2, 0.25) is 0 Å². The van der Waals surface area contributed by atoms with E-state index < -0.39 is 4.92 Å². The summed E-state index contributed by atoms with van der Waals surface area (Å²) in [5.74, 6) is 1.35. The van der Waals surface area contributed by atoms with Crippen LogP contribution in [0.15, 0.2) is 48.8 Å². The van der Waals surface area contributed by atoms with E-state index >= 15 is 0 Å². The van der Waals surface area contributed by atoms with Crippen LogP contribution >= 0.6 is 0 Å². The van der Waals surface area contributed by atoms with Gasteiger partial charge in [-0.2, -0.15) is 0 Å². The van der Waals surface area contributed by atoms with E-state index in [-0.39, 0.29) is 11.4 Å². The standard InChI is InChI=1S/C28H33N7O3/c1-32(2)13-14-33(3)26-24(35(36)37)15-21(29)27(38-4)25(26)28-30-12-11-22(31-28)20-17-34(16-18-9-10-18)23-8-6-5-7-19(20)23/h5-8,11-12,15,17-18H,9-10,13-14,16,29H2,1-4H3. The molecule has 0 saturated heterocycles. The highest BCUT2D eigenvalue weighted by Crippen LogP contribution is 2.47. The van der Waals surface area contributed by atoms with Gasteiger partial charge in [0.15, 0.2) is 11.6 Å². The minimum atomic E-state index is -0.420. The zero-order valence-electron chi connectivity index (χ0n) is 22.2. The molecule has 0 amide bonds. The predicted octanol–water partition coefficient (Wildman–Crippen LogP) is 4.67. The van der Waals surface area contributed by atoms with E-state index in [0.717, 1.165) is 34.6 Å². The van der Waals surface area contributed by atoms with Crippen molar-refractivity contribution in [2.45, 2.75) is 19.4 Å². The van der Waals surface area contributed by atoms with Crippen LogP contribution in [0.5, 0.6) is 5.75 Å².